The van der Waals surface area contributed by atoms with Crippen LogP contribution in [0.3, 0.4) is 0 Å². The van der Waals surface area contributed by atoms with Gasteiger partial charge in [-0.1, -0.05) is 18.6 Å². The molecule has 0 spiro atoms. The molecule has 6 nitrogen and oxygen atoms in total. The highest BCUT2D eigenvalue weighted by molar-refractivity contribution is 7.89. The summed E-state index contributed by atoms with van der Waals surface area (Å²) in [6.45, 7) is 0.786. The maximum atomic E-state index is 13.9. The van der Waals surface area contributed by atoms with Gasteiger partial charge in [0.2, 0.25) is 15.9 Å². The number of nitrogens with one attached hydrogen (secondary N) is 1. The van der Waals surface area contributed by atoms with Crippen LogP contribution in [0.25, 0.3) is 0 Å². The molecule has 2 rings (SSSR count). The van der Waals surface area contributed by atoms with Gasteiger partial charge in [0.15, 0.2) is 0 Å². The van der Waals surface area contributed by atoms with Crippen LogP contribution in [0.1, 0.15) is 25.7 Å². The summed E-state index contributed by atoms with van der Waals surface area (Å²) in [5.74, 6) is -0.967. The van der Waals surface area contributed by atoms with Crippen LogP contribution in [-0.2, 0) is 14.8 Å². The number of carbonyl (C=O) groups is 1. The van der Waals surface area contributed by atoms with Gasteiger partial charge in [-0.25, -0.2) is 12.8 Å². The number of amides is 1. The minimum absolute atomic E-state index is 0.201. The predicted molar refractivity (Wildman–Crippen MR) is 84.6 cm³/mol. The van der Waals surface area contributed by atoms with Gasteiger partial charge in [-0.3, -0.25) is 4.79 Å². The van der Waals surface area contributed by atoms with Crippen molar-refractivity contribution >= 4 is 15.9 Å². The first kappa shape index (κ1) is 17.8. The van der Waals surface area contributed by atoms with Crippen molar-refractivity contribution in [1.82, 2.24) is 9.62 Å². The quantitative estimate of drug-likeness (QED) is 0.800. The van der Waals surface area contributed by atoms with Gasteiger partial charge in [0.1, 0.15) is 10.7 Å². The first-order valence-corrected chi connectivity index (χ1v) is 9.14. The number of hydrogen-bond acceptors (Lipinski definition) is 4. The van der Waals surface area contributed by atoms with Crippen molar-refractivity contribution in [3.63, 3.8) is 0 Å². The molecule has 0 aromatic heterocycles. The van der Waals surface area contributed by atoms with Crippen LogP contribution in [0.5, 0.6) is 0 Å². The van der Waals surface area contributed by atoms with E-state index in [-0.39, 0.29) is 36.4 Å². The maximum Gasteiger partial charge on any atom is 0.246 e. The second-order valence-electron chi connectivity index (χ2n) is 5.54. The third kappa shape index (κ3) is 4.27. The van der Waals surface area contributed by atoms with E-state index in [1.807, 2.05) is 0 Å². The lowest BCUT2D eigenvalue weighted by Crippen LogP contribution is -2.49. The van der Waals surface area contributed by atoms with Crippen LogP contribution >= 0.6 is 0 Å². The van der Waals surface area contributed by atoms with Crippen molar-refractivity contribution < 1.29 is 17.6 Å². The number of nitrogens with zero attached hydrogens (tertiary/aromatic N) is 1. The molecule has 1 aromatic rings. The molecular formula is C15H22FN3O3S. The average molecular weight is 343 g/mol. The van der Waals surface area contributed by atoms with Crippen LogP contribution in [0, 0.1) is 5.82 Å². The molecule has 1 unspecified atom stereocenters. The Kier molecular flexibility index (Phi) is 6.09. The van der Waals surface area contributed by atoms with Crippen molar-refractivity contribution in [3.8, 4) is 0 Å². The fraction of sp³-hybridized carbons (Fsp3) is 0.533. The number of sulfonamides is 1. The molecule has 1 aliphatic heterocycles. The van der Waals surface area contributed by atoms with E-state index in [1.54, 1.807) is 0 Å². The highest BCUT2D eigenvalue weighted by Crippen LogP contribution is 2.26. The van der Waals surface area contributed by atoms with E-state index in [0.717, 1.165) is 18.9 Å². The normalized spacial score (nSPS) is 19.5. The molecular weight excluding hydrogens is 321 g/mol. The first-order valence-electron chi connectivity index (χ1n) is 7.70. The third-order valence-corrected chi connectivity index (χ3v) is 5.89. The lowest BCUT2D eigenvalue weighted by atomic mass is 10.1. The third-order valence-electron chi connectivity index (χ3n) is 3.90. The number of rotatable bonds is 6. The van der Waals surface area contributed by atoms with Gasteiger partial charge in [-0.2, -0.15) is 4.31 Å². The Bertz CT molecular complexity index is 651. The van der Waals surface area contributed by atoms with Crippen LogP contribution in [-0.4, -0.2) is 44.3 Å². The molecule has 1 saturated heterocycles. The molecule has 1 fully saturated rings. The first-order chi connectivity index (χ1) is 11.0. The summed E-state index contributed by atoms with van der Waals surface area (Å²) < 4.78 is 40.7. The molecule has 0 bridgehead atoms. The molecule has 1 heterocycles. The standard InChI is InChI=1S/C15H22FN3O3S/c16-13-6-1-2-7-14(13)23(21,22)19-10-4-3-5-12(19)11-18-15(20)8-9-17/h1-2,6-7,12H,3-5,8-11,17H2,(H,18,20). The smallest absolute Gasteiger partial charge is 0.246 e. The van der Waals surface area contributed by atoms with E-state index < -0.39 is 15.8 Å². The van der Waals surface area contributed by atoms with E-state index in [4.69, 9.17) is 5.73 Å². The lowest BCUT2D eigenvalue weighted by molar-refractivity contribution is -0.121. The van der Waals surface area contributed by atoms with E-state index in [1.165, 1.54) is 22.5 Å². The highest BCUT2D eigenvalue weighted by Gasteiger charge is 2.34. The number of benzene rings is 1. The molecule has 1 aromatic carbocycles. The Balaban J connectivity index is 2.17. The van der Waals surface area contributed by atoms with Crippen molar-refractivity contribution in [2.24, 2.45) is 5.73 Å². The number of carbonyl (C=O) groups excluding carboxylic acids is 1. The molecule has 0 radical (unpaired) electrons. The summed E-state index contributed by atoms with van der Waals surface area (Å²) in [5, 5.41) is 2.70. The van der Waals surface area contributed by atoms with E-state index >= 15 is 0 Å². The molecule has 8 heteroatoms. The summed E-state index contributed by atoms with van der Waals surface area (Å²) in [4.78, 5) is 11.2. The molecule has 1 atom stereocenters. The fourth-order valence-corrected chi connectivity index (χ4v) is 4.49. The molecule has 1 aliphatic rings. The second-order valence-corrected chi connectivity index (χ2v) is 7.40. The van der Waals surface area contributed by atoms with E-state index in [9.17, 15) is 17.6 Å². The van der Waals surface area contributed by atoms with Gasteiger partial charge in [0.25, 0.3) is 0 Å². The monoisotopic (exact) mass is 343 g/mol. The van der Waals surface area contributed by atoms with Crippen LogP contribution < -0.4 is 11.1 Å². The minimum atomic E-state index is -3.92. The van der Waals surface area contributed by atoms with Crippen molar-refractivity contribution in [3.05, 3.63) is 30.1 Å². The zero-order valence-corrected chi connectivity index (χ0v) is 13.7. The van der Waals surface area contributed by atoms with Gasteiger partial charge in [-0.15, -0.1) is 0 Å². The fourth-order valence-electron chi connectivity index (χ4n) is 2.73. The maximum absolute atomic E-state index is 13.9. The summed E-state index contributed by atoms with van der Waals surface area (Å²) in [5.41, 5.74) is 5.32. The van der Waals surface area contributed by atoms with Gasteiger partial charge in [0, 0.05) is 32.1 Å². The molecule has 1 amide bonds. The molecule has 0 saturated carbocycles. The topological polar surface area (TPSA) is 92.5 Å². The SMILES string of the molecule is NCCC(=O)NCC1CCCCN1S(=O)(=O)c1ccccc1F. The molecule has 23 heavy (non-hydrogen) atoms. The second kappa shape index (κ2) is 7.85. The average Bonchev–Trinajstić information content (AvgIpc) is 2.54. The predicted octanol–water partition coefficient (Wildman–Crippen LogP) is 0.834. The largest absolute Gasteiger partial charge is 0.354 e. The van der Waals surface area contributed by atoms with Crippen molar-refractivity contribution in [2.45, 2.75) is 36.6 Å². The Hall–Kier alpha value is -1.51. The summed E-state index contributed by atoms with van der Waals surface area (Å²) in [6.07, 6.45) is 2.44. The number of halogens is 1. The number of hydrogen-bond donors (Lipinski definition) is 2. The van der Waals surface area contributed by atoms with Crippen LogP contribution in [0.15, 0.2) is 29.2 Å². The number of piperidine rings is 1. The lowest BCUT2D eigenvalue weighted by Gasteiger charge is -2.34. The summed E-state index contributed by atoms with van der Waals surface area (Å²) in [7, 11) is -3.92. The Labute approximate surface area is 135 Å². The van der Waals surface area contributed by atoms with Crippen molar-refractivity contribution in [1.29, 1.82) is 0 Å². The molecule has 3 N–H and O–H groups in total. The summed E-state index contributed by atoms with van der Waals surface area (Å²) >= 11 is 0. The molecule has 0 aliphatic carbocycles. The van der Waals surface area contributed by atoms with E-state index in [0.29, 0.717) is 13.0 Å². The summed E-state index contributed by atoms with van der Waals surface area (Å²) in [6, 6.07) is 4.99. The van der Waals surface area contributed by atoms with Crippen LogP contribution in [0.4, 0.5) is 4.39 Å². The van der Waals surface area contributed by atoms with Crippen molar-refractivity contribution in [2.75, 3.05) is 19.6 Å². The van der Waals surface area contributed by atoms with Gasteiger partial charge in [0.05, 0.1) is 0 Å². The van der Waals surface area contributed by atoms with Gasteiger partial charge >= 0.3 is 0 Å². The Morgan fingerprint density at radius 1 is 1.35 bits per heavy atom. The van der Waals surface area contributed by atoms with Crippen LogP contribution in [0.2, 0.25) is 0 Å². The Morgan fingerprint density at radius 3 is 2.78 bits per heavy atom. The van der Waals surface area contributed by atoms with E-state index in [2.05, 4.69) is 5.32 Å². The van der Waals surface area contributed by atoms with Gasteiger partial charge < -0.3 is 11.1 Å². The minimum Gasteiger partial charge on any atom is -0.354 e. The highest BCUT2D eigenvalue weighted by atomic mass is 32.2. The zero-order chi connectivity index (χ0) is 16.9. The number of nitrogens with two attached hydrogens (primary N) is 1. The Morgan fingerprint density at radius 2 is 2.09 bits per heavy atom. The van der Waals surface area contributed by atoms with Gasteiger partial charge in [-0.05, 0) is 25.0 Å². The molecule has 128 valence electrons. The zero-order valence-electron chi connectivity index (χ0n) is 12.9.